The molecule has 0 bridgehead atoms. The highest BCUT2D eigenvalue weighted by atomic mass is 16.6. The molecule has 1 heterocycles. The average Bonchev–Trinajstić information content (AvgIpc) is 3.28. The molecule has 4 unspecified atom stereocenters. The molecule has 2 aliphatic carbocycles. The zero-order valence-corrected chi connectivity index (χ0v) is 13.4. The number of ether oxygens (including phenoxy) is 2. The van der Waals surface area contributed by atoms with Crippen LogP contribution < -0.4 is 0 Å². The maximum Gasteiger partial charge on any atom is 0.308 e. The van der Waals surface area contributed by atoms with Crippen LogP contribution in [0.3, 0.4) is 0 Å². The highest BCUT2D eigenvalue weighted by Gasteiger charge is 2.47. The number of fused-ring (bicyclic) bond motifs is 1. The molecule has 1 saturated heterocycles. The molecule has 3 rings (SSSR count). The lowest BCUT2D eigenvalue weighted by atomic mass is 9.80. The van der Waals surface area contributed by atoms with Gasteiger partial charge in [-0.25, -0.2) is 0 Å². The summed E-state index contributed by atoms with van der Waals surface area (Å²) in [7, 11) is 0. The number of rotatable bonds is 6. The van der Waals surface area contributed by atoms with Crippen molar-refractivity contribution in [1.82, 2.24) is 0 Å². The summed E-state index contributed by atoms with van der Waals surface area (Å²) in [4.78, 5) is 11.9. The van der Waals surface area contributed by atoms with Crippen LogP contribution in [-0.4, -0.2) is 24.8 Å². The Morgan fingerprint density at radius 1 is 1.14 bits per heavy atom. The predicted octanol–water partition coefficient (Wildman–Crippen LogP) is 4.09. The molecule has 0 aromatic rings. The number of epoxide rings is 1. The van der Waals surface area contributed by atoms with Crippen molar-refractivity contribution in [2.75, 3.05) is 6.61 Å². The smallest absolute Gasteiger partial charge is 0.308 e. The van der Waals surface area contributed by atoms with Gasteiger partial charge in [-0.3, -0.25) is 4.79 Å². The van der Waals surface area contributed by atoms with Crippen LogP contribution in [0.2, 0.25) is 0 Å². The van der Waals surface area contributed by atoms with Crippen molar-refractivity contribution in [1.29, 1.82) is 0 Å². The summed E-state index contributed by atoms with van der Waals surface area (Å²) in [5.74, 6) is 1.84. The molecule has 120 valence electrons. The largest absolute Gasteiger partial charge is 0.465 e. The molecule has 21 heavy (non-hydrogen) atoms. The van der Waals surface area contributed by atoms with E-state index in [-0.39, 0.29) is 11.9 Å². The number of carbonyl (C=O) groups is 1. The van der Waals surface area contributed by atoms with Crippen LogP contribution in [0.1, 0.15) is 71.1 Å². The Labute approximate surface area is 128 Å². The van der Waals surface area contributed by atoms with Gasteiger partial charge < -0.3 is 9.47 Å². The van der Waals surface area contributed by atoms with Gasteiger partial charge in [0.1, 0.15) is 0 Å². The first-order chi connectivity index (χ1) is 10.2. The topological polar surface area (TPSA) is 38.8 Å². The van der Waals surface area contributed by atoms with E-state index in [4.69, 9.17) is 9.47 Å². The first-order valence-electron chi connectivity index (χ1n) is 9.06. The molecule has 0 radical (unpaired) electrons. The molecule has 4 atom stereocenters. The van der Waals surface area contributed by atoms with Crippen LogP contribution in [0.4, 0.5) is 0 Å². The van der Waals surface area contributed by atoms with E-state index in [2.05, 4.69) is 6.92 Å². The normalized spacial score (nSPS) is 36.0. The number of esters is 1. The van der Waals surface area contributed by atoms with E-state index < -0.39 is 0 Å². The van der Waals surface area contributed by atoms with Gasteiger partial charge in [-0.05, 0) is 50.4 Å². The van der Waals surface area contributed by atoms with Gasteiger partial charge in [0.15, 0.2) is 0 Å². The molecular weight excluding hydrogens is 264 g/mol. The average molecular weight is 294 g/mol. The molecule has 0 aromatic heterocycles. The summed E-state index contributed by atoms with van der Waals surface area (Å²) in [5.41, 5.74) is 0. The fourth-order valence-electron chi connectivity index (χ4n) is 4.33. The zero-order chi connectivity index (χ0) is 14.7. The lowest BCUT2D eigenvalue weighted by Crippen LogP contribution is -2.22. The van der Waals surface area contributed by atoms with Gasteiger partial charge in [-0.2, -0.15) is 0 Å². The van der Waals surface area contributed by atoms with E-state index in [0.717, 1.165) is 31.1 Å². The summed E-state index contributed by atoms with van der Waals surface area (Å²) >= 11 is 0. The molecule has 0 aromatic carbocycles. The lowest BCUT2D eigenvalue weighted by molar-refractivity contribution is -0.149. The third kappa shape index (κ3) is 4.21. The van der Waals surface area contributed by atoms with E-state index in [0.29, 0.717) is 18.8 Å². The molecule has 3 fully saturated rings. The fourth-order valence-corrected chi connectivity index (χ4v) is 4.33. The number of unbranched alkanes of at least 4 members (excludes halogenated alkanes) is 1. The van der Waals surface area contributed by atoms with Gasteiger partial charge in [-0.15, -0.1) is 0 Å². The molecule has 2 saturated carbocycles. The maximum absolute atomic E-state index is 11.9. The second-order valence-corrected chi connectivity index (χ2v) is 7.45. The van der Waals surface area contributed by atoms with Crippen molar-refractivity contribution in [3.8, 4) is 0 Å². The van der Waals surface area contributed by atoms with Crippen molar-refractivity contribution < 1.29 is 14.3 Å². The van der Waals surface area contributed by atoms with E-state index in [1.807, 2.05) is 0 Å². The van der Waals surface area contributed by atoms with Gasteiger partial charge in [0.25, 0.3) is 0 Å². The van der Waals surface area contributed by atoms with Crippen LogP contribution in [-0.2, 0) is 14.3 Å². The molecule has 3 heteroatoms. The molecule has 1 aliphatic heterocycles. The van der Waals surface area contributed by atoms with E-state index in [1.54, 1.807) is 0 Å². The predicted molar refractivity (Wildman–Crippen MR) is 81.9 cm³/mol. The summed E-state index contributed by atoms with van der Waals surface area (Å²) in [6.45, 7) is 2.95. The Kier molecular flexibility index (Phi) is 5.20. The Morgan fingerprint density at radius 2 is 1.95 bits per heavy atom. The third-order valence-electron chi connectivity index (χ3n) is 5.64. The van der Waals surface area contributed by atoms with Crippen molar-refractivity contribution in [2.45, 2.75) is 83.3 Å². The SMILES string of the molecule is CC1CC(CCCCOC(=O)C2CCCCC2)CC2OC12. The number of hydrogen-bond acceptors (Lipinski definition) is 3. The summed E-state index contributed by atoms with van der Waals surface area (Å²) in [6.07, 6.45) is 13.0. The lowest BCUT2D eigenvalue weighted by Gasteiger charge is -2.23. The third-order valence-corrected chi connectivity index (χ3v) is 5.64. The first kappa shape index (κ1) is 15.3. The van der Waals surface area contributed by atoms with Crippen molar-refractivity contribution in [2.24, 2.45) is 17.8 Å². The molecule has 0 N–H and O–H groups in total. The maximum atomic E-state index is 11.9. The van der Waals surface area contributed by atoms with Crippen molar-refractivity contribution >= 4 is 5.97 Å². The van der Waals surface area contributed by atoms with E-state index in [9.17, 15) is 4.79 Å². The molecule has 3 nitrogen and oxygen atoms in total. The van der Waals surface area contributed by atoms with Crippen LogP contribution >= 0.6 is 0 Å². The first-order valence-corrected chi connectivity index (χ1v) is 9.06. The Balaban J connectivity index is 1.24. The van der Waals surface area contributed by atoms with E-state index in [1.165, 1.54) is 44.9 Å². The van der Waals surface area contributed by atoms with Crippen molar-refractivity contribution in [3.63, 3.8) is 0 Å². The van der Waals surface area contributed by atoms with Gasteiger partial charge >= 0.3 is 5.97 Å². The zero-order valence-electron chi connectivity index (χ0n) is 13.4. The second-order valence-electron chi connectivity index (χ2n) is 7.45. The Hall–Kier alpha value is -0.570. The number of hydrogen-bond donors (Lipinski definition) is 0. The quantitative estimate of drug-likeness (QED) is 0.421. The van der Waals surface area contributed by atoms with E-state index >= 15 is 0 Å². The second kappa shape index (κ2) is 7.13. The van der Waals surface area contributed by atoms with Crippen LogP contribution in [0.15, 0.2) is 0 Å². The number of carbonyl (C=O) groups excluding carboxylic acids is 1. The Morgan fingerprint density at radius 3 is 2.71 bits per heavy atom. The minimum absolute atomic E-state index is 0.0650. The van der Waals surface area contributed by atoms with Gasteiger partial charge in [0.05, 0.1) is 24.7 Å². The van der Waals surface area contributed by atoms with Crippen molar-refractivity contribution in [3.05, 3.63) is 0 Å². The monoisotopic (exact) mass is 294 g/mol. The van der Waals surface area contributed by atoms with Crippen LogP contribution in [0, 0.1) is 17.8 Å². The molecule has 3 aliphatic rings. The highest BCUT2D eigenvalue weighted by molar-refractivity contribution is 5.72. The molecular formula is C18H30O3. The van der Waals surface area contributed by atoms with Gasteiger partial charge in [0.2, 0.25) is 0 Å². The van der Waals surface area contributed by atoms with Crippen LogP contribution in [0.25, 0.3) is 0 Å². The molecule has 0 spiro atoms. The minimum Gasteiger partial charge on any atom is -0.465 e. The molecule has 0 amide bonds. The highest BCUT2D eigenvalue weighted by Crippen LogP contribution is 2.44. The summed E-state index contributed by atoms with van der Waals surface area (Å²) in [6, 6.07) is 0. The summed E-state index contributed by atoms with van der Waals surface area (Å²) < 4.78 is 11.1. The Bertz CT molecular complexity index is 348. The minimum atomic E-state index is 0.0650. The fraction of sp³-hybridized carbons (Fsp3) is 0.944. The standard InChI is InChI=1S/C18H30O3/c1-13-11-14(12-16-17(13)21-16)7-5-6-10-20-18(19)15-8-3-2-4-9-15/h13-17H,2-12H2,1H3. The summed E-state index contributed by atoms with van der Waals surface area (Å²) in [5, 5.41) is 0. The van der Waals surface area contributed by atoms with Crippen LogP contribution in [0.5, 0.6) is 0 Å². The van der Waals surface area contributed by atoms with Gasteiger partial charge in [-0.1, -0.05) is 32.6 Å². The van der Waals surface area contributed by atoms with Gasteiger partial charge in [0, 0.05) is 0 Å².